The van der Waals surface area contributed by atoms with Crippen molar-refractivity contribution in [3.8, 4) is 5.75 Å². The van der Waals surface area contributed by atoms with Gasteiger partial charge in [-0.2, -0.15) is 0 Å². The number of aryl methyl sites for hydroxylation is 1. The van der Waals surface area contributed by atoms with Gasteiger partial charge in [0.25, 0.3) is 0 Å². The number of carbonyl (C=O) groups is 1. The van der Waals surface area contributed by atoms with Gasteiger partial charge in [-0.3, -0.25) is 0 Å². The summed E-state index contributed by atoms with van der Waals surface area (Å²) in [4.78, 5) is 15.2. The predicted octanol–water partition coefficient (Wildman–Crippen LogP) is 2.84. The topological polar surface area (TPSA) is 71.5 Å². The Labute approximate surface area is 110 Å². The lowest BCUT2D eigenvalue weighted by atomic mass is 10.2. The van der Waals surface area contributed by atoms with Crippen molar-refractivity contribution in [1.29, 1.82) is 0 Å². The number of nitrogens with one attached hydrogen (secondary N) is 1. The molecule has 1 heterocycles. The highest BCUT2D eigenvalue weighted by Gasteiger charge is 2.11. The first-order chi connectivity index (χ1) is 9.10. The summed E-state index contributed by atoms with van der Waals surface area (Å²) in [6.07, 6.45) is 1.71. The summed E-state index contributed by atoms with van der Waals surface area (Å²) in [5, 5.41) is 12.1. The van der Waals surface area contributed by atoms with E-state index in [2.05, 4.69) is 10.3 Å². The second kappa shape index (κ2) is 5.39. The molecule has 0 saturated heterocycles. The number of aromatic carboxylic acids is 1. The Bertz CT molecular complexity index is 611. The zero-order valence-electron chi connectivity index (χ0n) is 10.7. The molecule has 0 bridgehead atoms. The van der Waals surface area contributed by atoms with Gasteiger partial charge in [-0.15, -0.1) is 0 Å². The number of carboxylic acid groups (broad SMARTS) is 1. The molecule has 0 aliphatic heterocycles. The average molecular weight is 258 g/mol. The highest BCUT2D eigenvalue weighted by Crippen LogP contribution is 2.25. The molecule has 0 atom stereocenters. The Balaban J connectivity index is 2.29. The van der Waals surface area contributed by atoms with Crippen LogP contribution in [-0.4, -0.2) is 23.2 Å². The van der Waals surface area contributed by atoms with Crippen molar-refractivity contribution in [2.75, 3.05) is 12.4 Å². The number of hydrogen-bond donors (Lipinski definition) is 2. The van der Waals surface area contributed by atoms with E-state index in [0.717, 1.165) is 11.3 Å². The van der Waals surface area contributed by atoms with Gasteiger partial charge in [-0.1, -0.05) is 0 Å². The second-order valence-corrected chi connectivity index (χ2v) is 4.06. The highest BCUT2D eigenvalue weighted by atomic mass is 16.5. The Hall–Kier alpha value is -2.56. The Morgan fingerprint density at radius 1 is 1.32 bits per heavy atom. The molecule has 2 N–H and O–H groups in total. The first kappa shape index (κ1) is 12.9. The summed E-state index contributed by atoms with van der Waals surface area (Å²) >= 11 is 0. The van der Waals surface area contributed by atoms with E-state index < -0.39 is 5.97 Å². The number of nitrogens with zero attached hydrogens (tertiary/aromatic N) is 1. The van der Waals surface area contributed by atoms with Crippen LogP contribution in [0.4, 0.5) is 11.5 Å². The summed E-state index contributed by atoms with van der Waals surface area (Å²) in [5.41, 5.74) is 1.94. The summed E-state index contributed by atoms with van der Waals surface area (Å²) < 4.78 is 5.07. The van der Waals surface area contributed by atoms with Gasteiger partial charge in [-0.25, -0.2) is 9.78 Å². The molecular formula is C14H14N2O3. The predicted molar refractivity (Wildman–Crippen MR) is 72.2 cm³/mol. The summed E-state index contributed by atoms with van der Waals surface area (Å²) in [6, 6.07) is 8.61. The maximum absolute atomic E-state index is 11.0. The van der Waals surface area contributed by atoms with Crippen LogP contribution in [0.1, 0.15) is 15.9 Å². The minimum Gasteiger partial charge on any atom is -0.496 e. The lowest BCUT2D eigenvalue weighted by Crippen LogP contribution is -2.01. The SMILES string of the molecule is COc1cc(Nc2cc(C)ccn2)ccc1C(=O)O. The zero-order valence-corrected chi connectivity index (χ0v) is 10.7. The first-order valence-electron chi connectivity index (χ1n) is 5.71. The van der Waals surface area contributed by atoms with Gasteiger partial charge in [0.15, 0.2) is 0 Å². The lowest BCUT2D eigenvalue weighted by molar-refractivity contribution is 0.0693. The molecule has 0 fully saturated rings. The third-order valence-corrected chi connectivity index (χ3v) is 2.62. The average Bonchev–Trinajstić information content (AvgIpc) is 2.38. The number of benzene rings is 1. The van der Waals surface area contributed by atoms with Crippen LogP contribution in [0.5, 0.6) is 5.75 Å². The molecule has 5 nitrogen and oxygen atoms in total. The van der Waals surface area contributed by atoms with Gasteiger partial charge in [0.05, 0.1) is 7.11 Å². The number of pyridine rings is 1. The van der Waals surface area contributed by atoms with Crippen molar-refractivity contribution in [3.63, 3.8) is 0 Å². The number of ether oxygens (including phenoxy) is 1. The van der Waals surface area contributed by atoms with E-state index in [1.165, 1.54) is 13.2 Å². The maximum Gasteiger partial charge on any atom is 0.339 e. The molecule has 0 aliphatic rings. The normalized spacial score (nSPS) is 10.0. The summed E-state index contributed by atoms with van der Waals surface area (Å²) in [7, 11) is 1.44. The van der Waals surface area contributed by atoms with Crippen molar-refractivity contribution in [2.45, 2.75) is 6.92 Å². The standard InChI is InChI=1S/C14H14N2O3/c1-9-5-6-15-13(7-9)16-10-3-4-11(14(17)18)12(8-10)19-2/h3-8H,1-2H3,(H,15,16)(H,17,18). The van der Waals surface area contributed by atoms with Gasteiger partial charge in [0, 0.05) is 18.0 Å². The number of rotatable bonds is 4. The maximum atomic E-state index is 11.0. The van der Waals surface area contributed by atoms with Gasteiger partial charge < -0.3 is 15.2 Å². The number of carboxylic acids is 1. The molecule has 0 unspecified atom stereocenters. The number of methoxy groups -OCH3 is 1. The van der Waals surface area contributed by atoms with Crippen molar-refractivity contribution in [1.82, 2.24) is 4.98 Å². The van der Waals surface area contributed by atoms with Crippen LogP contribution in [0.3, 0.4) is 0 Å². The number of aromatic nitrogens is 1. The van der Waals surface area contributed by atoms with E-state index in [1.807, 2.05) is 19.1 Å². The van der Waals surface area contributed by atoms with Gasteiger partial charge in [-0.05, 0) is 36.8 Å². The van der Waals surface area contributed by atoms with Crippen LogP contribution >= 0.6 is 0 Å². The monoisotopic (exact) mass is 258 g/mol. The molecule has 2 aromatic rings. The molecule has 0 aliphatic carbocycles. The minimum atomic E-state index is -1.02. The van der Waals surface area contributed by atoms with Crippen LogP contribution < -0.4 is 10.1 Å². The van der Waals surface area contributed by atoms with E-state index >= 15 is 0 Å². The smallest absolute Gasteiger partial charge is 0.339 e. The molecule has 1 aromatic carbocycles. The molecule has 5 heteroatoms. The first-order valence-corrected chi connectivity index (χ1v) is 5.71. The summed E-state index contributed by atoms with van der Waals surface area (Å²) in [5.74, 6) is -0.00707. The van der Waals surface area contributed by atoms with Crippen molar-refractivity contribution in [3.05, 3.63) is 47.7 Å². The Morgan fingerprint density at radius 3 is 2.74 bits per heavy atom. The van der Waals surface area contributed by atoms with Gasteiger partial charge >= 0.3 is 5.97 Å². The molecule has 2 rings (SSSR count). The fourth-order valence-corrected chi connectivity index (χ4v) is 1.70. The lowest BCUT2D eigenvalue weighted by Gasteiger charge is -2.10. The van der Waals surface area contributed by atoms with Crippen molar-refractivity contribution < 1.29 is 14.6 Å². The molecule has 0 saturated carbocycles. The van der Waals surface area contributed by atoms with Crippen LogP contribution in [0.25, 0.3) is 0 Å². The number of hydrogen-bond acceptors (Lipinski definition) is 4. The molecule has 19 heavy (non-hydrogen) atoms. The highest BCUT2D eigenvalue weighted by molar-refractivity contribution is 5.91. The molecule has 0 radical (unpaired) electrons. The molecule has 1 aromatic heterocycles. The third-order valence-electron chi connectivity index (χ3n) is 2.62. The van der Waals surface area contributed by atoms with E-state index in [0.29, 0.717) is 11.6 Å². The van der Waals surface area contributed by atoms with Crippen LogP contribution in [0, 0.1) is 6.92 Å². The zero-order chi connectivity index (χ0) is 13.8. The van der Waals surface area contributed by atoms with E-state index in [9.17, 15) is 4.79 Å². The van der Waals surface area contributed by atoms with E-state index in [1.54, 1.807) is 18.3 Å². The van der Waals surface area contributed by atoms with Crippen molar-refractivity contribution in [2.24, 2.45) is 0 Å². The second-order valence-electron chi connectivity index (χ2n) is 4.06. The van der Waals surface area contributed by atoms with Crippen LogP contribution in [0.15, 0.2) is 36.5 Å². The largest absolute Gasteiger partial charge is 0.496 e. The number of anilines is 2. The van der Waals surface area contributed by atoms with E-state index in [4.69, 9.17) is 9.84 Å². The fraction of sp³-hybridized carbons (Fsp3) is 0.143. The quantitative estimate of drug-likeness (QED) is 0.882. The van der Waals surface area contributed by atoms with Crippen LogP contribution in [-0.2, 0) is 0 Å². The van der Waals surface area contributed by atoms with Crippen LogP contribution in [0.2, 0.25) is 0 Å². The summed E-state index contributed by atoms with van der Waals surface area (Å²) in [6.45, 7) is 1.97. The van der Waals surface area contributed by atoms with Crippen molar-refractivity contribution >= 4 is 17.5 Å². The molecule has 0 spiro atoms. The molecule has 98 valence electrons. The minimum absolute atomic E-state index is 0.130. The Morgan fingerprint density at radius 2 is 2.11 bits per heavy atom. The van der Waals surface area contributed by atoms with E-state index in [-0.39, 0.29) is 5.56 Å². The fourth-order valence-electron chi connectivity index (χ4n) is 1.70. The van der Waals surface area contributed by atoms with Gasteiger partial charge in [0.2, 0.25) is 0 Å². The van der Waals surface area contributed by atoms with Gasteiger partial charge in [0.1, 0.15) is 17.1 Å². The Kier molecular flexibility index (Phi) is 3.66. The molecular weight excluding hydrogens is 244 g/mol. The molecule has 0 amide bonds. The third kappa shape index (κ3) is 3.01.